The van der Waals surface area contributed by atoms with Crippen molar-refractivity contribution in [3.8, 4) is 11.5 Å². The Morgan fingerprint density at radius 2 is 1.67 bits per heavy atom. The Hall–Kier alpha value is -4.46. The summed E-state index contributed by atoms with van der Waals surface area (Å²) in [5.74, 6) is -0.0721. The van der Waals surface area contributed by atoms with Gasteiger partial charge in [-0.1, -0.05) is 54.6 Å². The van der Waals surface area contributed by atoms with Crippen molar-refractivity contribution in [2.75, 3.05) is 12.0 Å². The van der Waals surface area contributed by atoms with Crippen LogP contribution in [0.3, 0.4) is 0 Å². The number of amides is 1. The molecule has 0 aliphatic rings. The maximum atomic E-state index is 13.3. The molecule has 0 saturated heterocycles. The van der Waals surface area contributed by atoms with Crippen LogP contribution >= 0.6 is 0 Å². The van der Waals surface area contributed by atoms with E-state index in [4.69, 9.17) is 9.15 Å². The molecule has 0 unspecified atom stereocenters. The topological polar surface area (TPSA) is 97.6 Å². The number of hydrazine groups is 1. The number of aromatic nitrogens is 2. The average Bonchev–Trinajstić information content (AvgIpc) is 3.25. The number of nitrogens with zero attached hydrogens (tertiary/aromatic N) is 3. The summed E-state index contributed by atoms with van der Waals surface area (Å²) in [5, 5.41) is 1.12. The van der Waals surface area contributed by atoms with Crippen LogP contribution in [0.2, 0.25) is 0 Å². The molecule has 1 N–H and O–H groups in total. The van der Waals surface area contributed by atoms with Gasteiger partial charge in [0.25, 0.3) is 5.91 Å². The van der Waals surface area contributed by atoms with E-state index in [0.29, 0.717) is 17.5 Å². The zero-order valence-electron chi connectivity index (χ0n) is 18.0. The molecule has 0 bridgehead atoms. The summed E-state index contributed by atoms with van der Waals surface area (Å²) in [4.78, 5) is 34.4. The summed E-state index contributed by atoms with van der Waals surface area (Å²) in [6.45, 7) is 1.40. The van der Waals surface area contributed by atoms with Crippen molar-refractivity contribution in [2.45, 2.75) is 13.5 Å². The molecule has 0 fully saturated rings. The summed E-state index contributed by atoms with van der Waals surface area (Å²) in [5.41, 5.74) is 4.55. The zero-order valence-corrected chi connectivity index (χ0v) is 18.0. The molecule has 0 radical (unpaired) electrons. The number of carbonyl (C=O) groups is 2. The molecule has 1 amide bonds. The van der Waals surface area contributed by atoms with Crippen LogP contribution in [-0.2, 0) is 16.1 Å². The van der Waals surface area contributed by atoms with Crippen LogP contribution < -0.4 is 5.43 Å². The van der Waals surface area contributed by atoms with Crippen LogP contribution in [0, 0.1) is 6.92 Å². The number of aryl methyl sites for hydroxylation is 1. The summed E-state index contributed by atoms with van der Waals surface area (Å²) in [6.07, 6.45) is 1.58. The average molecular weight is 442 g/mol. The lowest BCUT2D eigenvalue weighted by molar-refractivity contribution is -0.145. The first-order chi connectivity index (χ1) is 16.1. The number of benzene rings is 2. The molecule has 4 rings (SSSR count). The minimum atomic E-state index is -0.583. The number of nitrogens with one attached hydrogen (secondary N) is 1. The van der Waals surface area contributed by atoms with Crippen molar-refractivity contribution in [2.24, 2.45) is 0 Å². The second-order valence-electron chi connectivity index (χ2n) is 7.15. The molecule has 2 aromatic carbocycles. The SMILES string of the molecule is Cc1oc(-c2ccccc2)nc1C(=O)N(CC(=O)OCc1ccccc1)Nc1ccccn1. The lowest BCUT2D eigenvalue weighted by Gasteiger charge is -2.22. The molecular formula is C25H22N4O4. The highest BCUT2D eigenvalue weighted by Gasteiger charge is 2.26. The molecule has 2 heterocycles. The van der Waals surface area contributed by atoms with Crippen molar-refractivity contribution < 1.29 is 18.7 Å². The molecular weight excluding hydrogens is 420 g/mol. The van der Waals surface area contributed by atoms with E-state index in [-0.39, 0.29) is 18.8 Å². The number of ether oxygens (including phenoxy) is 1. The van der Waals surface area contributed by atoms with Crippen LogP contribution in [0.25, 0.3) is 11.5 Å². The Bertz CT molecular complexity index is 1210. The van der Waals surface area contributed by atoms with Crippen molar-refractivity contribution in [1.29, 1.82) is 0 Å². The van der Waals surface area contributed by atoms with E-state index in [1.54, 1.807) is 31.3 Å². The summed E-state index contributed by atoms with van der Waals surface area (Å²) < 4.78 is 11.1. The number of hydrogen-bond acceptors (Lipinski definition) is 7. The zero-order chi connectivity index (χ0) is 23.0. The van der Waals surface area contributed by atoms with Crippen molar-refractivity contribution in [3.05, 3.63) is 102 Å². The summed E-state index contributed by atoms with van der Waals surface area (Å²) in [7, 11) is 0. The number of hydrogen-bond donors (Lipinski definition) is 1. The van der Waals surface area contributed by atoms with Gasteiger partial charge in [-0.3, -0.25) is 15.0 Å². The largest absolute Gasteiger partial charge is 0.459 e. The third-order valence-electron chi connectivity index (χ3n) is 4.71. The van der Waals surface area contributed by atoms with E-state index >= 15 is 0 Å². The Kier molecular flexibility index (Phi) is 6.75. The fourth-order valence-electron chi connectivity index (χ4n) is 3.07. The molecule has 166 valence electrons. The number of rotatable bonds is 8. The minimum absolute atomic E-state index is 0.0909. The molecule has 8 nitrogen and oxygen atoms in total. The predicted octanol–water partition coefficient (Wildman–Crippen LogP) is 4.26. The highest BCUT2D eigenvalue weighted by Crippen LogP contribution is 2.22. The van der Waals surface area contributed by atoms with Crippen molar-refractivity contribution in [3.63, 3.8) is 0 Å². The molecule has 0 aliphatic carbocycles. The Labute approximate surface area is 190 Å². The van der Waals surface area contributed by atoms with Gasteiger partial charge in [0.2, 0.25) is 5.89 Å². The number of anilines is 1. The second kappa shape index (κ2) is 10.2. The maximum absolute atomic E-state index is 13.3. The van der Waals surface area contributed by atoms with E-state index < -0.39 is 11.9 Å². The first-order valence-corrected chi connectivity index (χ1v) is 10.3. The van der Waals surface area contributed by atoms with E-state index in [2.05, 4.69) is 15.4 Å². The number of esters is 1. The fraction of sp³-hybridized carbons (Fsp3) is 0.120. The molecule has 0 atom stereocenters. The van der Waals surface area contributed by atoms with Gasteiger partial charge >= 0.3 is 5.97 Å². The quantitative estimate of drug-likeness (QED) is 0.322. The first kappa shape index (κ1) is 21.8. The number of oxazole rings is 1. The molecule has 4 aromatic rings. The lowest BCUT2D eigenvalue weighted by atomic mass is 10.2. The van der Waals surface area contributed by atoms with Gasteiger partial charge in [0.15, 0.2) is 5.69 Å². The van der Waals surface area contributed by atoms with E-state index in [9.17, 15) is 9.59 Å². The third-order valence-corrected chi connectivity index (χ3v) is 4.71. The molecule has 33 heavy (non-hydrogen) atoms. The Morgan fingerprint density at radius 1 is 0.970 bits per heavy atom. The third kappa shape index (κ3) is 5.62. The van der Waals surface area contributed by atoms with Gasteiger partial charge in [0.1, 0.15) is 24.7 Å². The first-order valence-electron chi connectivity index (χ1n) is 10.3. The predicted molar refractivity (Wildman–Crippen MR) is 122 cm³/mol. The van der Waals surface area contributed by atoms with Gasteiger partial charge < -0.3 is 9.15 Å². The van der Waals surface area contributed by atoms with Crippen LogP contribution in [-0.4, -0.2) is 33.4 Å². The smallest absolute Gasteiger partial charge is 0.328 e. The molecule has 2 aromatic heterocycles. The number of carbonyl (C=O) groups excluding carboxylic acids is 2. The Morgan fingerprint density at radius 3 is 2.36 bits per heavy atom. The van der Waals surface area contributed by atoms with Crippen molar-refractivity contribution >= 4 is 17.7 Å². The monoisotopic (exact) mass is 442 g/mol. The highest BCUT2D eigenvalue weighted by atomic mass is 16.5. The normalized spacial score (nSPS) is 10.5. The van der Waals surface area contributed by atoms with E-state index in [1.807, 2.05) is 60.7 Å². The minimum Gasteiger partial charge on any atom is -0.459 e. The van der Waals surface area contributed by atoms with Crippen molar-refractivity contribution in [1.82, 2.24) is 15.0 Å². The van der Waals surface area contributed by atoms with Crippen LogP contribution in [0.4, 0.5) is 5.82 Å². The van der Waals surface area contributed by atoms with E-state index in [0.717, 1.165) is 16.1 Å². The molecule has 0 saturated carbocycles. The molecule has 8 heteroatoms. The summed E-state index contributed by atoms with van der Waals surface area (Å²) in [6, 6.07) is 23.8. The van der Waals surface area contributed by atoms with Gasteiger partial charge in [0, 0.05) is 11.8 Å². The van der Waals surface area contributed by atoms with Gasteiger partial charge in [-0.05, 0) is 36.8 Å². The molecule has 0 aliphatic heterocycles. The number of pyridine rings is 1. The maximum Gasteiger partial charge on any atom is 0.328 e. The fourth-order valence-corrected chi connectivity index (χ4v) is 3.07. The van der Waals surface area contributed by atoms with Crippen LogP contribution in [0.5, 0.6) is 0 Å². The lowest BCUT2D eigenvalue weighted by Crippen LogP contribution is -2.41. The van der Waals surface area contributed by atoms with Gasteiger partial charge in [0.05, 0.1) is 0 Å². The standard InChI is InChI=1S/C25H22N4O4/c1-18-23(27-24(33-18)20-12-6-3-7-13-20)25(31)29(28-21-14-8-9-15-26-21)16-22(30)32-17-19-10-4-2-5-11-19/h2-15H,16-17H2,1H3,(H,26,28). The van der Waals surface area contributed by atoms with Gasteiger partial charge in [-0.2, -0.15) is 0 Å². The van der Waals surface area contributed by atoms with Crippen LogP contribution in [0.15, 0.2) is 89.5 Å². The molecule has 0 spiro atoms. The van der Waals surface area contributed by atoms with Gasteiger partial charge in [-0.15, -0.1) is 0 Å². The highest BCUT2D eigenvalue weighted by molar-refractivity contribution is 5.96. The van der Waals surface area contributed by atoms with Gasteiger partial charge in [-0.25, -0.2) is 15.0 Å². The van der Waals surface area contributed by atoms with Crippen LogP contribution in [0.1, 0.15) is 21.8 Å². The van der Waals surface area contributed by atoms with E-state index in [1.165, 1.54) is 0 Å². The summed E-state index contributed by atoms with van der Waals surface area (Å²) >= 11 is 0. The Balaban J connectivity index is 1.53. The second-order valence-corrected chi connectivity index (χ2v) is 7.15.